The van der Waals surface area contributed by atoms with Crippen molar-refractivity contribution in [2.24, 2.45) is 0 Å². The lowest BCUT2D eigenvalue weighted by Gasteiger charge is -2.27. The Morgan fingerprint density at radius 3 is 2.62 bits per heavy atom. The van der Waals surface area contributed by atoms with Crippen LogP contribution in [0.2, 0.25) is 0 Å². The van der Waals surface area contributed by atoms with Gasteiger partial charge in [-0.15, -0.1) is 11.8 Å². The van der Waals surface area contributed by atoms with Crippen molar-refractivity contribution in [2.75, 3.05) is 5.75 Å². The maximum absolute atomic E-state index is 12.4. The molecule has 5 nitrogen and oxygen atoms in total. The van der Waals surface area contributed by atoms with Crippen molar-refractivity contribution in [1.29, 1.82) is 0 Å². The van der Waals surface area contributed by atoms with Crippen molar-refractivity contribution in [1.82, 2.24) is 10.2 Å². The molecule has 0 saturated carbocycles. The van der Waals surface area contributed by atoms with Gasteiger partial charge in [0.05, 0.1) is 11.4 Å². The summed E-state index contributed by atoms with van der Waals surface area (Å²) in [7, 11) is 0. The SMILES string of the molecule is CC(NC(=O)N1C(C)SCC1C(=O)O)c1ccc(Br)cc1. The molecule has 0 aromatic heterocycles. The van der Waals surface area contributed by atoms with Gasteiger partial charge >= 0.3 is 12.0 Å². The highest BCUT2D eigenvalue weighted by atomic mass is 79.9. The summed E-state index contributed by atoms with van der Waals surface area (Å²) in [6.45, 7) is 3.72. The highest BCUT2D eigenvalue weighted by molar-refractivity contribution is 9.10. The molecule has 2 N–H and O–H groups in total. The van der Waals surface area contributed by atoms with Crippen molar-refractivity contribution in [3.8, 4) is 0 Å². The molecule has 0 bridgehead atoms. The number of amides is 2. The molecule has 7 heteroatoms. The van der Waals surface area contributed by atoms with E-state index in [2.05, 4.69) is 21.2 Å². The molecular weight excluding hydrogens is 356 g/mol. The van der Waals surface area contributed by atoms with E-state index in [4.69, 9.17) is 0 Å². The minimum absolute atomic E-state index is 0.136. The van der Waals surface area contributed by atoms with Crippen LogP contribution in [-0.4, -0.2) is 39.2 Å². The number of carboxylic acids is 1. The molecule has 114 valence electrons. The molecule has 2 amide bonds. The van der Waals surface area contributed by atoms with Gasteiger partial charge in [-0.1, -0.05) is 28.1 Å². The Bertz CT molecular complexity index is 538. The van der Waals surface area contributed by atoms with Crippen molar-refractivity contribution >= 4 is 39.7 Å². The van der Waals surface area contributed by atoms with Gasteiger partial charge in [-0.2, -0.15) is 0 Å². The number of urea groups is 1. The predicted molar refractivity (Wildman–Crippen MR) is 86.3 cm³/mol. The Balaban J connectivity index is 2.06. The van der Waals surface area contributed by atoms with Gasteiger partial charge in [0.15, 0.2) is 0 Å². The summed E-state index contributed by atoms with van der Waals surface area (Å²) in [6, 6.07) is 6.38. The lowest BCUT2D eigenvalue weighted by Crippen LogP contribution is -2.49. The number of carboxylic acid groups (broad SMARTS) is 1. The summed E-state index contributed by atoms with van der Waals surface area (Å²) in [6.07, 6.45) is 0. The Morgan fingerprint density at radius 2 is 2.05 bits per heavy atom. The lowest BCUT2D eigenvalue weighted by atomic mass is 10.1. The average Bonchev–Trinajstić information content (AvgIpc) is 2.81. The average molecular weight is 373 g/mol. The molecule has 0 radical (unpaired) electrons. The first-order chi connectivity index (χ1) is 9.90. The van der Waals surface area contributed by atoms with Crippen molar-refractivity contribution in [3.05, 3.63) is 34.3 Å². The fraction of sp³-hybridized carbons (Fsp3) is 0.429. The van der Waals surface area contributed by atoms with E-state index in [1.54, 1.807) is 0 Å². The summed E-state index contributed by atoms with van der Waals surface area (Å²) >= 11 is 4.84. The third kappa shape index (κ3) is 3.71. The molecule has 21 heavy (non-hydrogen) atoms. The smallest absolute Gasteiger partial charge is 0.327 e. The zero-order valence-electron chi connectivity index (χ0n) is 11.7. The third-order valence-electron chi connectivity index (χ3n) is 3.45. The van der Waals surface area contributed by atoms with Crippen LogP contribution in [0.25, 0.3) is 0 Å². The normalized spacial score (nSPS) is 22.9. The zero-order chi connectivity index (χ0) is 15.6. The van der Waals surface area contributed by atoms with Crippen LogP contribution in [0.5, 0.6) is 0 Å². The molecule has 1 fully saturated rings. The molecule has 2 rings (SSSR count). The van der Waals surface area contributed by atoms with Gasteiger partial charge in [0.2, 0.25) is 0 Å². The first-order valence-corrected chi connectivity index (χ1v) is 8.43. The first kappa shape index (κ1) is 16.2. The molecule has 0 aliphatic carbocycles. The van der Waals surface area contributed by atoms with E-state index in [1.165, 1.54) is 16.7 Å². The van der Waals surface area contributed by atoms with Gasteiger partial charge in [0.25, 0.3) is 0 Å². The monoisotopic (exact) mass is 372 g/mol. The van der Waals surface area contributed by atoms with Gasteiger partial charge in [-0.05, 0) is 31.5 Å². The van der Waals surface area contributed by atoms with Gasteiger partial charge in [-0.25, -0.2) is 9.59 Å². The third-order valence-corrected chi connectivity index (χ3v) is 5.20. The number of halogens is 1. The van der Waals surface area contributed by atoms with Crippen LogP contribution in [0.15, 0.2) is 28.7 Å². The standard InChI is InChI=1S/C14H17BrN2O3S/c1-8(10-3-5-11(15)6-4-10)16-14(20)17-9(2)21-7-12(17)13(18)19/h3-6,8-9,12H,7H2,1-2H3,(H,16,20)(H,18,19). The van der Waals surface area contributed by atoms with E-state index in [0.717, 1.165) is 10.0 Å². The van der Waals surface area contributed by atoms with Crippen LogP contribution < -0.4 is 5.32 Å². The first-order valence-electron chi connectivity index (χ1n) is 6.59. The summed E-state index contributed by atoms with van der Waals surface area (Å²) in [5.41, 5.74) is 0.970. The number of benzene rings is 1. The topological polar surface area (TPSA) is 69.6 Å². The fourth-order valence-electron chi connectivity index (χ4n) is 2.24. The zero-order valence-corrected chi connectivity index (χ0v) is 14.1. The number of thioether (sulfide) groups is 1. The largest absolute Gasteiger partial charge is 0.480 e. The number of rotatable bonds is 3. The van der Waals surface area contributed by atoms with Crippen LogP contribution in [0.1, 0.15) is 25.5 Å². The Labute approximate surface area is 136 Å². The van der Waals surface area contributed by atoms with E-state index >= 15 is 0 Å². The van der Waals surface area contributed by atoms with Gasteiger partial charge < -0.3 is 10.4 Å². The maximum Gasteiger partial charge on any atom is 0.327 e. The number of carbonyl (C=O) groups is 2. The molecule has 1 aliphatic rings. The molecule has 1 aliphatic heterocycles. The molecule has 1 heterocycles. The summed E-state index contributed by atoms with van der Waals surface area (Å²) in [5.74, 6) is -0.533. The van der Waals surface area contributed by atoms with Crippen LogP contribution in [0.4, 0.5) is 4.79 Å². The van der Waals surface area contributed by atoms with E-state index < -0.39 is 12.0 Å². The molecule has 3 atom stereocenters. The van der Waals surface area contributed by atoms with Crippen molar-refractivity contribution < 1.29 is 14.7 Å². The number of carbonyl (C=O) groups excluding carboxylic acids is 1. The van der Waals surface area contributed by atoms with E-state index in [-0.39, 0.29) is 17.4 Å². The molecular formula is C14H17BrN2O3S. The molecule has 1 aromatic carbocycles. The highest BCUT2D eigenvalue weighted by Gasteiger charge is 2.39. The van der Waals surface area contributed by atoms with Crippen LogP contribution >= 0.6 is 27.7 Å². The van der Waals surface area contributed by atoms with Crippen LogP contribution in [0, 0.1) is 0 Å². The van der Waals surface area contributed by atoms with E-state index in [0.29, 0.717) is 5.75 Å². The van der Waals surface area contributed by atoms with Crippen LogP contribution in [0.3, 0.4) is 0 Å². The fourth-order valence-corrected chi connectivity index (χ4v) is 3.67. The predicted octanol–water partition coefficient (Wildman–Crippen LogP) is 3.07. The second kappa shape index (κ2) is 6.70. The second-order valence-corrected chi connectivity index (χ2v) is 7.18. The van der Waals surface area contributed by atoms with Crippen molar-refractivity contribution in [3.63, 3.8) is 0 Å². The van der Waals surface area contributed by atoms with Crippen molar-refractivity contribution in [2.45, 2.75) is 31.3 Å². The number of nitrogens with zero attached hydrogens (tertiary/aromatic N) is 1. The minimum Gasteiger partial charge on any atom is -0.480 e. The summed E-state index contributed by atoms with van der Waals surface area (Å²) in [5, 5.41) is 11.9. The van der Waals surface area contributed by atoms with E-state index in [9.17, 15) is 14.7 Å². The number of nitrogens with one attached hydrogen (secondary N) is 1. The quantitative estimate of drug-likeness (QED) is 0.855. The lowest BCUT2D eigenvalue weighted by molar-refractivity contribution is -0.141. The van der Waals surface area contributed by atoms with Gasteiger partial charge in [0, 0.05) is 10.2 Å². The second-order valence-electron chi connectivity index (χ2n) is 4.92. The molecule has 1 saturated heterocycles. The Morgan fingerprint density at radius 1 is 1.43 bits per heavy atom. The number of aliphatic carboxylic acids is 1. The number of hydrogen-bond donors (Lipinski definition) is 2. The number of hydrogen-bond acceptors (Lipinski definition) is 3. The summed E-state index contributed by atoms with van der Waals surface area (Å²) in [4.78, 5) is 25.0. The molecule has 3 unspecified atom stereocenters. The Kier molecular flexibility index (Phi) is 5.16. The maximum atomic E-state index is 12.4. The Hall–Kier alpha value is -1.21. The molecule has 0 spiro atoms. The minimum atomic E-state index is -0.960. The highest BCUT2D eigenvalue weighted by Crippen LogP contribution is 2.29. The summed E-state index contributed by atoms with van der Waals surface area (Å²) < 4.78 is 0.972. The van der Waals surface area contributed by atoms with E-state index in [1.807, 2.05) is 38.1 Å². The molecule has 1 aromatic rings. The van der Waals surface area contributed by atoms with Gasteiger partial charge in [-0.3, -0.25) is 4.90 Å². The van der Waals surface area contributed by atoms with Gasteiger partial charge in [0.1, 0.15) is 6.04 Å². The van der Waals surface area contributed by atoms with Crippen LogP contribution in [-0.2, 0) is 4.79 Å².